The fraction of sp³-hybridized carbons (Fsp3) is 0.286. The standard InChI is InChI=1S/C14H17N3O/c1-14(2,10-11-6-4-3-5-7-11)17-12-13(18)16-9-8-15-12/h3-9H,10H2,1-2H3,(H,15,17)(H,16,18). The van der Waals surface area contributed by atoms with E-state index >= 15 is 0 Å². The first-order chi connectivity index (χ1) is 8.57. The highest BCUT2D eigenvalue weighted by molar-refractivity contribution is 5.35. The van der Waals surface area contributed by atoms with E-state index in [0.717, 1.165) is 6.42 Å². The number of H-pyrrole nitrogens is 1. The van der Waals surface area contributed by atoms with Crippen LogP contribution in [0.4, 0.5) is 5.82 Å². The molecule has 18 heavy (non-hydrogen) atoms. The van der Waals surface area contributed by atoms with Crippen molar-refractivity contribution in [2.24, 2.45) is 0 Å². The van der Waals surface area contributed by atoms with E-state index in [1.54, 1.807) is 6.20 Å². The second-order valence-corrected chi connectivity index (χ2v) is 4.94. The molecular formula is C14H17N3O. The number of aromatic nitrogens is 2. The molecule has 2 rings (SSSR count). The Balaban J connectivity index is 2.13. The summed E-state index contributed by atoms with van der Waals surface area (Å²) in [6.45, 7) is 4.10. The van der Waals surface area contributed by atoms with Gasteiger partial charge >= 0.3 is 0 Å². The monoisotopic (exact) mass is 243 g/mol. The van der Waals surface area contributed by atoms with Crippen LogP contribution in [-0.4, -0.2) is 15.5 Å². The minimum Gasteiger partial charge on any atom is -0.360 e. The number of hydrogen-bond donors (Lipinski definition) is 2. The summed E-state index contributed by atoms with van der Waals surface area (Å²) in [6.07, 6.45) is 3.92. The topological polar surface area (TPSA) is 57.8 Å². The summed E-state index contributed by atoms with van der Waals surface area (Å²) in [6, 6.07) is 10.2. The summed E-state index contributed by atoms with van der Waals surface area (Å²) in [5.74, 6) is 0.360. The van der Waals surface area contributed by atoms with Gasteiger partial charge < -0.3 is 10.3 Å². The van der Waals surface area contributed by atoms with Gasteiger partial charge in [-0.15, -0.1) is 0 Å². The lowest BCUT2D eigenvalue weighted by molar-refractivity contribution is 0.560. The molecule has 0 aliphatic heterocycles. The summed E-state index contributed by atoms with van der Waals surface area (Å²) in [5.41, 5.74) is 0.795. The van der Waals surface area contributed by atoms with Crippen molar-refractivity contribution in [3.05, 3.63) is 58.6 Å². The fourth-order valence-corrected chi connectivity index (χ4v) is 1.91. The van der Waals surface area contributed by atoms with Crippen LogP contribution in [0.3, 0.4) is 0 Å². The van der Waals surface area contributed by atoms with Gasteiger partial charge in [0.15, 0.2) is 5.82 Å². The lowest BCUT2D eigenvalue weighted by atomic mass is 9.95. The van der Waals surface area contributed by atoms with Crippen molar-refractivity contribution in [3.8, 4) is 0 Å². The molecule has 0 fully saturated rings. The van der Waals surface area contributed by atoms with Crippen LogP contribution in [0.5, 0.6) is 0 Å². The van der Waals surface area contributed by atoms with Crippen molar-refractivity contribution in [2.45, 2.75) is 25.8 Å². The van der Waals surface area contributed by atoms with Gasteiger partial charge in [0.1, 0.15) is 0 Å². The molecular weight excluding hydrogens is 226 g/mol. The van der Waals surface area contributed by atoms with Gasteiger partial charge in [-0.1, -0.05) is 30.3 Å². The number of benzene rings is 1. The Morgan fingerprint density at radius 1 is 1.28 bits per heavy atom. The van der Waals surface area contributed by atoms with E-state index in [1.165, 1.54) is 11.8 Å². The van der Waals surface area contributed by atoms with Gasteiger partial charge in [0.2, 0.25) is 0 Å². The largest absolute Gasteiger partial charge is 0.360 e. The molecule has 0 unspecified atom stereocenters. The maximum Gasteiger partial charge on any atom is 0.290 e. The number of hydrogen-bond acceptors (Lipinski definition) is 3. The predicted molar refractivity (Wildman–Crippen MR) is 72.7 cm³/mol. The first-order valence-corrected chi connectivity index (χ1v) is 5.93. The number of nitrogens with one attached hydrogen (secondary N) is 2. The van der Waals surface area contributed by atoms with Gasteiger partial charge in [-0.2, -0.15) is 0 Å². The molecule has 0 saturated heterocycles. The Bertz CT molecular complexity index is 561. The average molecular weight is 243 g/mol. The molecule has 0 amide bonds. The molecule has 0 radical (unpaired) electrons. The van der Waals surface area contributed by atoms with Crippen LogP contribution >= 0.6 is 0 Å². The van der Waals surface area contributed by atoms with Gasteiger partial charge in [0.05, 0.1) is 0 Å². The van der Waals surface area contributed by atoms with Crippen molar-refractivity contribution in [3.63, 3.8) is 0 Å². The zero-order valence-corrected chi connectivity index (χ0v) is 10.6. The SMILES string of the molecule is CC(C)(Cc1ccccc1)Nc1ncc[nH]c1=O. The van der Waals surface area contributed by atoms with Crippen LogP contribution in [0.1, 0.15) is 19.4 Å². The van der Waals surface area contributed by atoms with Crippen molar-refractivity contribution in [1.29, 1.82) is 0 Å². The third kappa shape index (κ3) is 3.20. The van der Waals surface area contributed by atoms with Crippen LogP contribution in [0, 0.1) is 0 Å². The van der Waals surface area contributed by atoms with Gasteiger partial charge in [0, 0.05) is 17.9 Å². The molecule has 0 aliphatic rings. The third-order valence-corrected chi connectivity index (χ3v) is 2.65. The number of nitrogens with zero attached hydrogens (tertiary/aromatic N) is 1. The molecule has 94 valence electrons. The lowest BCUT2D eigenvalue weighted by Gasteiger charge is -2.26. The summed E-state index contributed by atoms with van der Waals surface area (Å²) in [5, 5.41) is 3.18. The summed E-state index contributed by atoms with van der Waals surface area (Å²) in [7, 11) is 0. The van der Waals surface area contributed by atoms with Crippen LogP contribution < -0.4 is 10.9 Å². The maximum absolute atomic E-state index is 11.6. The minimum absolute atomic E-state index is 0.196. The zero-order valence-electron chi connectivity index (χ0n) is 10.6. The number of aromatic amines is 1. The number of anilines is 1. The second-order valence-electron chi connectivity index (χ2n) is 4.94. The van der Waals surface area contributed by atoms with Crippen LogP contribution in [0.2, 0.25) is 0 Å². The third-order valence-electron chi connectivity index (χ3n) is 2.65. The van der Waals surface area contributed by atoms with Crippen LogP contribution in [-0.2, 0) is 6.42 Å². The minimum atomic E-state index is -0.233. The van der Waals surface area contributed by atoms with E-state index in [9.17, 15) is 4.79 Å². The van der Waals surface area contributed by atoms with E-state index in [2.05, 4.69) is 27.4 Å². The van der Waals surface area contributed by atoms with E-state index in [0.29, 0.717) is 5.82 Å². The Morgan fingerprint density at radius 2 is 2.00 bits per heavy atom. The highest BCUT2D eigenvalue weighted by Crippen LogP contribution is 2.15. The van der Waals surface area contributed by atoms with Crippen molar-refractivity contribution in [2.75, 3.05) is 5.32 Å². The molecule has 2 aromatic rings. The molecule has 0 bridgehead atoms. The maximum atomic E-state index is 11.6. The average Bonchev–Trinajstić information content (AvgIpc) is 2.32. The Labute approximate surface area is 106 Å². The van der Waals surface area contributed by atoms with E-state index in [1.807, 2.05) is 32.0 Å². The Hall–Kier alpha value is -2.10. The molecule has 0 saturated carbocycles. The van der Waals surface area contributed by atoms with E-state index in [4.69, 9.17) is 0 Å². The first kappa shape index (κ1) is 12.4. The summed E-state index contributed by atoms with van der Waals surface area (Å²) >= 11 is 0. The molecule has 4 nitrogen and oxygen atoms in total. The van der Waals surface area contributed by atoms with Gasteiger partial charge in [-0.25, -0.2) is 4.98 Å². The molecule has 1 heterocycles. The highest BCUT2D eigenvalue weighted by atomic mass is 16.1. The molecule has 1 aromatic carbocycles. The van der Waals surface area contributed by atoms with Gasteiger partial charge in [-0.3, -0.25) is 4.79 Å². The zero-order chi connectivity index (χ0) is 13.0. The fourth-order valence-electron chi connectivity index (χ4n) is 1.91. The predicted octanol–water partition coefficient (Wildman–Crippen LogP) is 2.20. The normalized spacial score (nSPS) is 11.2. The quantitative estimate of drug-likeness (QED) is 0.865. The summed E-state index contributed by atoms with van der Waals surface area (Å²) in [4.78, 5) is 18.2. The smallest absolute Gasteiger partial charge is 0.290 e. The molecule has 1 aromatic heterocycles. The van der Waals surface area contributed by atoms with Crippen molar-refractivity contribution < 1.29 is 0 Å². The molecule has 0 aliphatic carbocycles. The van der Waals surface area contributed by atoms with Crippen LogP contribution in [0.15, 0.2) is 47.5 Å². The Kier molecular flexibility index (Phi) is 3.46. The molecule has 2 N–H and O–H groups in total. The number of rotatable bonds is 4. The first-order valence-electron chi connectivity index (χ1n) is 5.93. The van der Waals surface area contributed by atoms with Gasteiger partial charge in [0.25, 0.3) is 5.56 Å². The highest BCUT2D eigenvalue weighted by Gasteiger charge is 2.19. The lowest BCUT2D eigenvalue weighted by Crippen LogP contribution is -2.36. The summed E-state index contributed by atoms with van der Waals surface area (Å²) < 4.78 is 0. The van der Waals surface area contributed by atoms with Crippen molar-refractivity contribution >= 4 is 5.82 Å². The Morgan fingerprint density at radius 3 is 2.67 bits per heavy atom. The van der Waals surface area contributed by atoms with Gasteiger partial charge in [-0.05, 0) is 25.8 Å². The second kappa shape index (κ2) is 5.04. The van der Waals surface area contributed by atoms with E-state index < -0.39 is 0 Å². The van der Waals surface area contributed by atoms with Crippen LogP contribution in [0.25, 0.3) is 0 Å². The van der Waals surface area contributed by atoms with Crippen molar-refractivity contribution in [1.82, 2.24) is 9.97 Å². The van der Waals surface area contributed by atoms with E-state index in [-0.39, 0.29) is 11.1 Å². The molecule has 0 spiro atoms. The molecule has 4 heteroatoms. The molecule has 0 atom stereocenters.